The SMILES string of the molecule is CCCCCCCCCC(=O)N[C@H](C(=O)N[C@@H](Cc1ccccc1)C(=O)N[C@@H](C)C(=O)N[C@H](CCC(N)=O)C(O)C(F)(F)F)C(C)C. The summed E-state index contributed by atoms with van der Waals surface area (Å²) in [7, 11) is 0. The normalized spacial score (nSPS) is 14.7. The van der Waals surface area contributed by atoms with Crippen LogP contribution in [0.5, 0.6) is 0 Å². The van der Waals surface area contributed by atoms with E-state index in [4.69, 9.17) is 5.73 Å². The highest BCUT2D eigenvalue weighted by atomic mass is 19.4. The highest BCUT2D eigenvalue weighted by molar-refractivity contribution is 5.94. The smallest absolute Gasteiger partial charge is 0.382 e. The Morgan fingerprint density at radius 3 is 1.94 bits per heavy atom. The molecule has 1 unspecified atom stereocenters. The van der Waals surface area contributed by atoms with Crippen molar-refractivity contribution in [2.75, 3.05) is 0 Å². The molecule has 11 nitrogen and oxygen atoms in total. The van der Waals surface area contributed by atoms with Crippen LogP contribution in [0.3, 0.4) is 0 Å². The van der Waals surface area contributed by atoms with Crippen molar-refractivity contribution in [3.05, 3.63) is 35.9 Å². The van der Waals surface area contributed by atoms with E-state index in [9.17, 15) is 42.3 Å². The standard InChI is InChI=1S/C33H52F3N5O6/c1-5-6-7-8-9-10-14-17-27(43)41-28(21(2)3)32(47)40-25(20-23-15-12-11-13-16-23)31(46)38-22(4)30(45)39-24(18-19-26(37)42)29(44)33(34,35)36/h11-13,15-16,21-22,24-25,28-29,44H,5-10,14,17-20H2,1-4H3,(H2,37,42)(H,38,46)(H,39,45)(H,40,47)(H,41,43)/t22-,24+,25-,28-,29?/m0/s1. The predicted octanol–water partition coefficient (Wildman–Crippen LogP) is 3.17. The predicted molar refractivity (Wildman–Crippen MR) is 171 cm³/mol. The number of carbonyl (C=O) groups is 5. The van der Waals surface area contributed by atoms with Crippen LogP contribution in [0, 0.1) is 5.92 Å². The summed E-state index contributed by atoms with van der Waals surface area (Å²) in [6, 6.07) is 3.25. The molecule has 1 rings (SSSR count). The van der Waals surface area contributed by atoms with Crippen LogP contribution >= 0.6 is 0 Å². The first-order valence-electron chi connectivity index (χ1n) is 16.3. The molecule has 0 aliphatic carbocycles. The van der Waals surface area contributed by atoms with E-state index in [-0.39, 0.29) is 24.7 Å². The fourth-order valence-electron chi connectivity index (χ4n) is 4.87. The zero-order valence-corrected chi connectivity index (χ0v) is 27.8. The summed E-state index contributed by atoms with van der Waals surface area (Å²) in [6.45, 7) is 6.87. The number of aliphatic hydroxyl groups is 1. The zero-order chi connectivity index (χ0) is 35.6. The number of aliphatic hydroxyl groups excluding tert-OH is 1. The van der Waals surface area contributed by atoms with Gasteiger partial charge in [0.05, 0.1) is 6.04 Å². The fraction of sp³-hybridized carbons (Fsp3) is 0.667. The number of nitrogens with one attached hydrogen (secondary N) is 4. The number of nitrogens with two attached hydrogens (primary N) is 1. The maximum absolute atomic E-state index is 13.4. The molecule has 266 valence electrons. The van der Waals surface area contributed by atoms with Crippen molar-refractivity contribution in [2.45, 2.75) is 135 Å². The quantitative estimate of drug-likeness (QED) is 0.103. The number of primary amides is 1. The number of amides is 5. The van der Waals surface area contributed by atoms with E-state index in [0.717, 1.165) is 32.1 Å². The number of hydrogen-bond acceptors (Lipinski definition) is 6. The van der Waals surface area contributed by atoms with Crippen molar-refractivity contribution in [3.8, 4) is 0 Å². The lowest BCUT2D eigenvalue weighted by Gasteiger charge is -2.28. The molecular weight excluding hydrogens is 619 g/mol. The van der Waals surface area contributed by atoms with Gasteiger partial charge in [-0.25, -0.2) is 0 Å². The van der Waals surface area contributed by atoms with Crippen LogP contribution in [0.25, 0.3) is 0 Å². The average Bonchev–Trinajstić information content (AvgIpc) is 3.00. The first kappa shape index (κ1) is 41.3. The van der Waals surface area contributed by atoms with E-state index < -0.39 is 72.9 Å². The van der Waals surface area contributed by atoms with Gasteiger partial charge in [-0.3, -0.25) is 24.0 Å². The Hall–Kier alpha value is -3.68. The van der Waals surface area contributed by atoms with Gasteiger partial charge in [0.25, 0.3) is 0 Å². The summed E-state index contributed by atoms with van der Waals surface area (Å²) in [4.78, 5) is 63.4. The molecule has 1 aromatic rings. The van der Waals surface area contributed by atoms with E-state index in [2.05, 4.69) is 22.9 Å². The highest BCUT2D eigenvalue weighted by Gasteiger charge is 2.44. The van der Waals surface area contributed by atoms with Crippen molar-refractivity contribution < 1.29 is 42.3 Å². The minimum absolute atomic E-state index is 0.0115. The number of carbonyl (C=O) groups excluding carboxylic acids is 5. The molecule has 5 atom stereocenters. The van der Waals surface area contributed by atoms with Gasteiger partial charge in [0.15, 0.2) is 6.10 Å². The third-order valence-electron chi connectivity index (χ3n) is 7.69. The average molecular weight is 672 g/mol. The van der Waals surface area contributed by atoms with Crippen LogP contribution in [0.15, 0.2) is 30.3 Å². The van der Waals surface area contributed by atoms with Crippen LogP contribution in [0.1, 0.15) is 97.5 Å². The third-order valence-corrected chi connectivity index (χ3v) is 7.69. The van der Waals surface area contributed by atoms with E-state index in [1.165, 1.54) is 13.3 Å². The molecule has 0 aromatic heterocycles. The van der Waals surface area contributed by atoms with Gasteiger partial charge in [-0.2, -0.15) is 13.2 Å². The number of unbranched alkanes of at least 4 members (excludes halogenated alkanes) is 6. The van der Waals surface area contributed by atoms with E-state index in [1.807, 2.05) is 5.32 Å². The Morgan fingerprint density at radius 2 is 1.38 bits per heavy atom. The molecule has 0 saturated heterocycles. The topological polar surface area (TPSA) is 180 Å². The molecule has 0 fully saturated rings. The highest BCUT2D eigenvalue weighted by Crippen LogP contribution is 2.24. The van der Waals surface area contributed by atoms with E-state index in [0.29, 0.717) is 12.0 Å². The second-order valence-corrected chi connectivity index (χ2v) is 12.2. The Labute approximate surface area is 275 Å². The lowest BCUT2D eigenvalue weighted by Crippen LogP contribution is -2.59. The lowest BCUT2D eigenvalue weighted by atomic mass is 10.00. The molecular formula is C33H52F3N5O6. The Morgan fingerprint density at radius 1 is 0.787 bits per heavy atom. The monoisotopic (exact) mass is 671 g/mol. The minimum Gasteiger partial charge on any atom is -0.382 e. The second kappa shape index (κ2) is 21.2. The van der Waals surface area contributed by atoms with Gasteiger partial charge in [0.1, 0.15) is 18.1 Å². The van der Waals surface area contributed by atoms with Gasteiger partial charge in [0.2, 0.25) is 29.5 Å². The molecule has 47 heavy (non-hydrogen) atoms. The van der Waals surface area contributed by atoms with Crippen molar-refractivity contribution >= 4 is 29.5 Å². The van der Waals surface area contributed by atoms with E-state index >= 15 is 0 Å². The van der Waals surface area contributed by atoms with Crippen LogP contribution in [-0.2, 0) is 30.4 Å². The lowest BCUT2D eigenvalue weighted by molar-refractivity contribution is -0.212. The van der Waals surface area contributed by atoms with Crippen LogP contribution < -0.4 is 27.0 Å². The maximum atomic E-state index is 13.4. The molecule has 0 aliphatic rings. The molecule has 1 aromatic carbocycles. The van der Waals surface area contributed by atoms with Gasteiger partial charge in [-0.15, -0.1) is 0 Å². The molecule has 0 radical (unpaired) electrons. The number of benzene rings is 1. The summed E-state index contributed by atoms with van der Waals surface area (Å²) in [5.41, 5.74) is 5.70. The molecule has 14 heteroatoms. The number of rotatable bonds is 22. The van der Waals surface area contributed by atoms with Crippen molar-refractivity contribution in [3.63, 3.8) is 0 Å². The first-order valence-corrected chi connectivity index (χ1v) is 16.3. The van der Waals surface area contributed by atoms with Crippen molar-refractivity contribution in [2.24, 2.45) is 11.7 Å². The van der Waals surface area contributed by atoms with Gasteiger partial charge in [0, 0.05) is 19.3 Å². The summed E-state index contributed by atoms with van der Waals surface area (Å²) >= 11 is 0. The second-order valence-electron chi connectivity index (χ2n) is 12.2. The van der Waals surface area contributed by atoms with Gasteiger partial charge in [-0.1, -0.05) is 89.6 Å². The Bertz CT molecular complexity index is 1140. The molecule has 7 N–H and O–H groups in total. The fourth-order valence-corrected chi connectivity index (χ4v) is 4.87. The Kier molecular flexibility index (Phi) is 18.7. The number of hydrogen-bond donors (Lipinski definition) is 6. The molecule has 0 aliphatic heterocycles. The molecule has 0 bridgehead atoms. The Balaban J connectivity index is 2.97. The van der Waals surface area contributed by atoms with Crippen LogP contribution in [-0.4, -0.2) is 71.1 Å². The number of halogens is 3. The van der Waals surface area contributed by atoms with Crippen LogP contribution in [0.4, 0.5) is 13.2 Å². The summed E-state index contributed by atoms with van der Waals surface area (Å²) in [6.07, 6.45) is -1.68. The maximum Gasteiger partial charge on any atom is 0.416 e. The first-order chi connectivity index (χ1) is 22.1. The largest absolute Gasteiger partial charge is 0.416 e. The van der Waals surface area contributed by atoms with E-state index in [1.54, 1.807) is 44.2 Å². The van der Waals surface area contributed by atoms with Gasteiger partial charge < -0.3 is 32.1 Å². The molecule has 0 heterocycles. The zero-order valence-electron chi connectivity index (χ0n) is 27.8. The molecule has 0 spiro atoms. The molecule has 5 amide bonds. The van der Waals surface area contributed by atoms with Gasteiger partial charge in [-0.05, 0) is 31.2 Å². The molecule has 0 saturated carbocycles. The van der Waals surface area contributed by atoms with Crippen LogP contribution in [0.2, 0.25) is 0 Å². The number of alkyl halides is 3. The van der Waals surface area contributed by atoms with Crippen molar-refractivity contribution in [1.29, 1.82) is 0 Å². The summed E-state index contributed by atoms with van der Waals surface area (Å²) in [5.74, 6) is -4.00. The summed E-state index contributed by atoms with van der Waals surface area (Å²) in [5, 5.41) is 19.6. The minimum atomic E-state index is -5.09. The van der Waals surface area contributed by atoms with Crippen molar-refractivity contribution in [1.82, 2.24) is 21.3 Å². The summed E-state index contributed by atoms with van der Waals surface area (Å²) < 4.78 is 39.6. The van der Waals surface area contributed by atoms with Gasteiger partial charge >= 0.3 is 6.18 Å². The third kappa shape index (κ3) is 16.6.